The van der Waals surface area contributed by atoms with Crippen molar-refractivity contribution in [3.63, 3.8) is 0 Å². The number of benzene rings is 3. The first-order valence-electron chi connectivity index (χ1n) is 9.23. The molecule has 0 aliphatic rings. The van der Waals surface area contributed by atoms with E-state index in [0.29, 0.717) is 11.3 Å². The molecule has 0 unspecified atom stereocenters. The topological polar surface area (TPSA) is 81.1 Å². The van der Waals surface area contributed by atoms with Crippen molar-refractivity contribution in [2.24, 2.45) is 0 Å². The molecule has 0 saturated heterocycles. The molecule has 0 bridgehead atoms. The normalized spacial score (nSPS) is 11.2. The van der Waals surface area contributed by atoms with Crippen LogP contribution in [0.25, 0.3) is 16.9 Å². The van der Waals surface area contributed by atoms with Gasteiger partial charge in [-0.25, -0.2) is 13.1 Å². The fourth-order valence-corrected chi connectivity index (χ4v) is 3.79. The Hall–Kier alpha value is -3.71. The van der Waals surface area contributed by atoms with Gasteiger partial charge in [-0.2, -0.15) is 5.10 Å². The van der Waals surface area contributed by atoms with Crippen molar-refractivity contribution in [1.29, 1.82) is 0 Å². The van der Waals surface area contributed by atoms with Crippen molar-refractivity contribution >= 4 is 21.4 Å². The van der Waals surface area contributed by atoms with Crippen LogP contribution in [-0.2, 0) is 9.84 Å². The molecule has 1 heterocycles. The summed E-state index contributed by atoms with van der Waals surface area (Å²) in [5.74, 6) is -0.337. The summed E-state index contributed by atoms with van der Waals surface area (Å²) in [6, 6.07) is 25.1. The van der Waals surface area contributed by atoms with Gasteiger partial charge in [-0.1, -0.05) is 42.5 Å². The molecule has 0 aliphatic carbocycles. The molecule has 1 N–H and O–H groups in total. The number of rotatable bonds is 5. The van der Waals surface area contributed by atoms with Crippen molar-refractivity contribution < 1.29 is 13.2 Å². The molecule has 4 aromatic rings. The van der Waals surface area contributed by atoms with Crippen molar-refractivity contribution in [1.82, 2.24) is 9.78 Å². The minimum absolute atomic E-state index is 0.151. The van der Waals surface area contributed by atoms with E-state index in [1.165, 1.54) is 12.1 Å². The monoisotopic (exact) mass is 417 g/mol. The summed E-state index contributed by atoms with van der Waals surface area (Å²) in [6.45, 7) is 0. The summed E-state index contributed by atoms with van der Waals surface area (Å²) in [5.41, 5.74) is 3.53. The number of carbonyl (C=O) groups is 1. The quantitative estimate of drug-likeness (QED) is 0.528. The summed E-state index contributed by atoms with van der Waals surface area (Å²) >= 11 is 0. The van der Waals surface area contributed by atoms with Gasteiger partial charge in [-0.05, 0) is 42.5 Å². The number of amides is 1. The molecule has 30 heavy (non-hydrogen) atoms. The summed E-state index contributed by atoms with van der Waals surface area (Å²) in [7, 11) is -3.36. The minimum atomic E-state index is -3.36. The summed E-state index contributed by atoms with van der Waals surface area (Å²) in [4.78, 5) is 12.9. The highest BCUT2D eigenvalue weighted by molar-refractivity contribution is 7.90. The number of carbonyl (C=O) groups excluding carboxylic acids is 1. The van der Waals surface area contributed by atoms with Gasteiger partial charge in [-0.3, -0.25) is 4.79 Å². The third-order valence-electron chi connectivity index (χ3n) is 4.59. The lowest BCUT2D eigenvalue weighted by atomic mass is 10.1. The first-order valence-corrected chi connectivity index (χ1v) is 11.1. The molecule has 1 aromatic heterocycles. The van der Waals surface area contributed by atoms with E-state index in [-0.39, 0.29) is 10.8 Å². The predicted molar refractivity (Wildman–Crippen MR) is 117 cm³/mol. The number of sulfone groups is 1. The molecule has 6 nitrogen and oxygen atoms in total. The Bertz CT molecular complexity index is 1310. The molecule has 7 heteroatoms. The molecule has 0 aliphatic heterocycles. The zero-order valence-electron chi connectivity index (χ0n) is 16.2. The average molecular weight is 417 g/mol. The molecule has 0 atom stereocenters. The number of nitrogens with one attached hydrogen (secondary N) is 1. The van der Waals surface area contributed by atoms with Gasteiger partial charge < -0.3 is 5.32 Å². The second kappa shape index (κ2) is 7.96. The van der Waals surface area contributed by atoms with Gasteiger partial charge in [0.15, 0.2) is 9.84 Å². The highest BCUT2D eigenvalue weighted by Gasteiger charge is 2.13. The molecule has 150 valence electrons. The van der Waals surface area contributed by atoms with E-state index in [4.69, 9.17) is 0 Å². The number of hydrogen-bond acceptors (Lipinski definition) is 4. The Morgan fingerprint density at radius 2 is 1.67 bits per heavy atom. The van der Waals surface area contributed by atoms with Crippen LogP contribution in [0.15, 0.2) is 96.0 Å². The Kier molecular flexibility index (Phi) is 5.20. The van der Waals surface area contributed by atoms with Crippen LogP contribution in [0.4, 0.5) is 5.69 Å². The van der Waals surface area contributed by atoms with Gasteiger partial charge in [0, 0.05) is 23.1 Å². The van der Waals surface area contributed by atoms with Gasteiger partial charge in [0.05, 0.1) is 22.5 Å². The average Bonchev–Trinajstić information content (AvgIpc) is 3.24. The maximum Gasteiger partial charge on any atom is 0.255 e. The van der Waals surface area contributed by atoms with Crippen LogP contribution in [-0.4, -0.2) is 30.4 Å². The number of nitrogens with zero attached hydrogens (tertiary/aromatic N) is 2. The van der Waals surface area contributed by atoms with E-state index in [0.717, 1.165) is 23.2 Å². The zero-order chi connectivity index (χ0) is 21.1. The lowest BCUT2D eigenvalue weighted by Gasteiger charge is -2.10. The van der Waals surface area contributed by atoms with Crippen molar-refractivity contribution in [3.05, 3.63) is 96.7 Å². The second-order valence-corrected chi connectivity index (χ2v) is 8.81. The summed E-state index contributed by atoms with van der Waals surface area (Å²) < 4.78 is 25.3. The Balaban J connectivity index is 1.62. The van der Waals surface area contributed by atoms with Crippen LogP contribution in [0.3, 0.4) is 0 Å². The Labute approximate surface area is 174 Å². The van der Waals surface area contributed by atoms with Gasteiger partial charge >= 0.3 is 0 Å². The third kappa shape index (κ3) is 4.16. The fraction of sp³-hybridized carbons (Fsp3) is 0.0435. The van der Waals surface area contributed by atoms with E-state index in [1.807, 2.05) is 42.5 Å². The predicted octanol–water partition coefficient (Wildman–Crippen LogP) is 4.20. The van der Waals surface area contributed by atoms with E-state index in [9.17, 15) is 13.2 Å². The summed E-state index contributed by atoms with van der Waals surface area (Å²) in [6.07, 6.45) is 2.84. The SMILES string of the molecule is CS(=O)(=O)c1cccc(NC(=O)c2cccc(-n3nccc3-c3ccccc3)c2)c1. The first-order chi connectivity index (χ1) is 14.4. The van der Waals surface area contributed by atoms with Crippen LogP contribution in [0.1, 0.15) is 10.4 Å². The molecule has 0 radical (unpaired) electrons. The molecule has 0 saturated carbocycles. The van der Waals surface area contributed by atoms with Crippen LogP contribution in [0.2, 0.25) is 0 Å². The number of anilines is 1. The molecule has 0 spiro atoms. The van der Waals surface area contributed by atoms with Crippen molar-refractivity contribution in [2.45, 2.75) is 4.90 Å². The van der Waals surface area contributed by atoms with Crippen LogP contribution in [0.5, 0.6) is 0 Å². The zero-order valence-corrected chi connectivity index (χ0v) is 17.0. The highest BCUT2D eigenvalue weighted by atomic mass is 32.2. The number of aromatic nitrogens is 2. The molecule has 3 aromatic carbocycles. The van der Waals surface area contributed by atoms with Crippen molar-refractivity contribution in [3.8, 4) is 16.9 Å². The molecule has 1 amide bonds. The third-order valence-corrected chi connectivity index (χ3v) is 5.70. The standard InChI is InChI=1S/C23H19N3O3S/c1-30(28,29)21-12-6-10-19(16-21)25-23(27)18-9-5-11-20(15-18)26-22(13-14-24-26)17-7-3-2-4-8-17/h2-16H,1H3,(H,25,27). The largest absolute Gasteiger partial charge is 0.322 e. The first kappa shape index (κ1) is 19.6. The van der Waals surface area contributed by atoms with Crippen LogP contribution in [0, 0.1) is 0 Å². The maximum absolute atomic E-state index is 12.8. The highest BCUT2D eigenvalue weighted by Crippen LogP contribution is 2.23. The maximum atomic E-state index is 12.8. The van der Waals surface area contributed by atoms with Gasteiger partial charge in [0.1, 0.15) is 0 Å². The lowest BCUT2D eigenvalue weighted by Crippen LogP contribution is -2.13. The molecular formula is C23H19N3O3S. The minimum Gasteiger partial charge on any atom is -0.322 e. The summed E-state index contributed by atoms with van der Waals surface area (Å²) in [5, 5.41) is 7.16. The Morgan fingerprint density at radius 1 is 0.900 bits per heavy atom. The van der Waals surface area contributed by atoms with E-state index in [1.54, 1.807) is 41.2 Å². The van der Waals surface area contributed by atoms with Gasteiger partial charge in [0.2, 0.25) is 0 Å². The molecule has 0 fully saturated rings. The van der Waals surface area contributed by atoms with Crippen LogP contribution >= 0.6 is 0 Å². The lowest BCUT2D eigenvalue weighted by molar-refractivity contribution is 0.102. The van der Waals surface area contributed by atoms with E-state index in [2.05, 4.69) is 10.4 Å². The molecular weight excluding hydrogens is 398 g/mol. The van der Waals surface area contributed by atoms with Crippen LogP contribution < -0.4 is 5.32 Å². The van der Waals surface area contributed by atoms with E-state index >= 15 is 0 Å². The fourth-order valence-electron chi connectivity index (χ4n) is 3.12. The Morgan fingerprint density at radius 3 is 2.43 bits per heavy atom. The van der Waals surface area contributed by atoms with Crippen molar-refractivity contribution in [2.75, 3.05) is 11.6 Å². The molecule has 4 rings (SSSR count). The second-order valence-electron chi connectivity index (χ2n) is 6.80. The number of hydrogen-bond donors (Lipinski definition) is 1. The van der Waals surface area contributed by atoms with Gasteiger partial charge in [0.25, 0.3) is 5.91 Å². The smallest absolute Gasteiger partial charge is 0.255 e. The van der Waals surface area contributed by atoms with Gasteiger partial charge in [-0.15, -0.1) is 0 Å². The van der Waals surface area contributed by atoms with E-state index < -0.39 is 9.84 Å².